The zero-order valence-electron chi connectivity index (χ0n) is 15.4. The van der Waals surface area contributed by atoms with Gasteiger partial charge in [-0.3, -0.25) is 15.0 Å². The summed E-state index contributed by atoms with van der Waals surface area (Å²) in [4.78, 5) is 29.4. The number of rotatable bonds is 5. The number of aromatic nitrogens is 4. The average molecular weight is 393 g/mol. The molecule has 4 aromatic rings. The predicted molar refractivity (Wildman–Crippen MR) is 104 cm³/mol. The van der Waals surface area contributed by atoms with Crippen LogP contribution in [0.2, 0.25) is 0 Å². The van der Waals surface area contributed by atoms with Crippen molar-refractivity contribution in [1.82, 2.24) is 19.4 Å². The molecule has 2 aromatic heterocycles. The first kappa shape index (κ1) is 18.4. The Bertz CT molecular complexity index is 1230. The van der Waals surface area contributed by atoms with Gasteiger partial charge in [0, 0.05) is 5.56 Å². The SMILES string of the molecule is CCOc1ccc(C(=O)Nn2cnc3c(cnn3-c3ccc(F)cc3)c2=O)cc1. The molecule has 0 saturated heterocycles. The van der Waals surface area contributed by atoms with Crippen molar-refractivity contribution >= 4 is 16.9 Å². The molecule has 0 unspecified atom stereocenters. The van der Waals surface area contributed by atoms with Gasteiger partial charge >= 0.3 is 0 Å². The van der Waals surface area contributed by atoms with Gasteiger partial charge in [0.1, 0.15) is 23.3 Å². The number of hydrogen-bond acceptors (Lipinski definition) is 5. The van der Waals surface area contributed by atoms with E-state index in [2.05, 4.69) is 15.5 Å². The van der Waals surface area contributed by atoms with Gasteiger partial charge in [-0.25, -0.2) is 18.7 Å². The van der Waals surface area contributed by atoms with Crippen LogP contribution in [0.15, 0.2) is 65.8 Å². The molecule has 0 aliphatic carbocycles. The highest BCUT2D eigenvalue weighted by Crippen LogP contribution is 2.14. The van der Waals surface area contributed by atoms with Crippen LogP contribution in [0.3, 0.4) is 0 Å². The Morgan fingerprint density at radius 3 is 2.55 bits per heavy atom. The quantitative estimate of drug-likeness (QED) is 0.563. The molecule has 0 atom stereocenters. The van der Waals surface area contributed by atoms with Gasteiger partial charge in [-0.2, -0.15) is 5.10 Å². The zero-order chi connectivity index (χ0) is 20.4. The van der Waals surface area contributed by atoms with Gasteiger partial charge in [0.15, 0.2) is 5.65 Å². The Hall–Kier alpha value is -4.01. The standard InChI is InChI=1S/C20H16FN5O3/c1-2-29-16-9-3-13(4-10-16)19(27)24-25-12-22-18-17(20(25)28)11-23-26(18)15-7-5-14(21)6-8-15/h3-12H,2H2,1H3,(H,24,27). The maximum atomic E-state index is 13.1. The molecule has 0 fully saturated rings. The molecule has 0 aliphatic heterocycles. The molecule has 146 valence electrons. The van der Waals surface area contributed by atoms with Crippen molar-refractivity contribution in [3.05, 3.63) is 82.8 Å². The van der Waals surface area contributed by atoms with Gasteiger partial charge in [-0.15, -0.1) is 0 Å². The van der Waals surface area contributed by atoms with Crippen molar-refractivity contribution in [3.8, 4) is 11.4 Å². The van der Waals surface area contributed by atoms with Crippen molar-refractivity contribution < 1.29 is 13.9 Å². The summed E-state index contributed by atoms with van der Waals surface area (Å²) in [6.45, 7) is 2.40. The number of nitrogens with one attached hydrogen (secondary N) is 1. The number of nitrogens with zero attached hydrogens (tertiary/aromatic N) is 4. The van der Waals surface area contributed by atoms with Crippen LogP contribution in [-0.4, -0.2) is 32.0 Å². The Balaban J connectivity index is 1.62. The molecule has 29 heavy (non-hydrogen) atoms. The Morgan fingerprint density at radius 2 is 1.86 bits per heavy atom. The van der Waals surface area contributed by atoms with Crippen LogP contribution in [0.4, 0.5) is 4.39 Å². The molecule has 9 heteroatoms. The first-order valence-electron chi connectivity index (χ1n) is 8.82. The largest absolute Gasteiger partial charge is 0.494 e. The summed E-state index contributed by atoms with van der Waals surface area (Å²) in [6.07, 6.45) is 2.56. The Kier molecular flexibility index (Phi) is 4.78. The summed E-state index contributed by atoms with van der Waals surface area (Å²) < 4.78 is 20.9. The number of carbonyl (C=O) groups is 1. The van der Waals surface area contributed by atoms with Crippen molar-refractivity contribution in [3.63, 3.8) is 0 Å². The van der Waals surface area contributed by atoms with Crippen molar-refractivity contribution in [2.75, 3.05) is 12.0 Å². The van der Waals surface area contributed by atoms with Crippen LogP contribution in [0.5, 0.6) is 5.75 Å². The van der Waals surface area contributed by atoms with E-state index in [1.807, 2.05) is 6.92 Å². The third-order valence-electron chi connectivity index (χ3n) is 4.21. The van der Waals surface area contributed by atoms with Gasteiger partial charge in [0.25, 0.3) is 11.5 Å². The molecule has 0 saturated carbocycles. The van der Waals surface area contributed by atoms with Crippen LogP contribution < -0.4 is 15.7 Å². The number of fused-ring (bicyclic) bond motifs is 1. The van der Waals surface area contributed by atoms with Crippen LogP contribution in [0.1, 0.15) is 17.3 Å². The number of ether oxygens (including phenoxy) is 1. The van der Waals surface area contributed by atoms with Crippen LogP contribution in [-0.2, 0) is 0 Å². The second-order valence-electron chi connectivity index (χ2n) is 6.09. The number of halogens is 1. The van der Waals surface area contributed by atoms with E-state index in [0.29, 0.717) is 29.3 Å². The fourth-order valence-electron chi connectivity index (χ4n) is 2.81. The summed E-state index contributed by atoms with van der Waals surface area (Å²) >= 11 is 0. The monoisotopic (exact) mass is 393 g/mol. The van der Waals surface area contributed by atoms with E-state index in [-0.39, 0.29) is 11.2 Å². The van der Waals surface area contributed by atoms with E-state index in [9.17, 15) is 14.0 Å². The smallest absolute Gasteiger partial charge is 0.283 e. The summed E-state index contributed by atoms with van der Waals surface area (Å²) in [5, 5.41) is 4.37. The molecule has 0 bridgehead atoms. The molecule has 0 aliphatic rings. The molecule has 0 spiro atoms. The van der Waals surface area contributed by atoms with Gasteiger partial charge in [0.05, 0.1) is 18.5 Å². The second-order valence-corrected chi connectivity index (χ2v) is 6.09. The molecule has 4 rings (SSSR count). The van der Waals surface area contributed by atoms with Crippen LogP contribution in [0.25, 0.3) is 16.7 Å². The van der Waals surface area contributed by atoms with Gasteiger partial charge in [-0.05, 0) is 55.5 Å². The fourth-order valence-corrected chi connectivity index (χ4v) is 2.81. The van der Waals surface area contributed by atoms with Crippen molar-refractivity contribution in [2.24, 2.45) is 0 Å². The lowest BCUT2D eigenvalue weighted by atomic mass is 10.2. The Morgan fingerprint density at radius 1 is 1.14 bits per heavy atom. The summed E-state index contributed by atoms with van der Waals surface area (Å²) in [6, 6.07) is 12.2. The van der Waals surface area contributed by atoms with E-state index in [1.54, 1.807) is 24.3 Å². The predicted octanol–water partition coefficient (Wildman–Crippen LogP) is 2.50. The molecular formula is C20H16FN5O3. The number of benzene rings is 2. The van der Waals surface area contributed by atoms with Crippen molar-refractivity contribution in [2.45, 2.75) is 6.92 Å². The molecule has 8 nitrogen and oxygen atoms in total. The fraction of sp³-hybridized carbons (Fsp3) is 0.100. The highest BCUT2D eigenvalue weighted by Gasteiger charge is 2.14. The van der Waals surface area contributed by atoms with Crippen LogP contribution >= 0.6 is 0 Å². The number of carbonyl (C=O) groups excluding carboxylic acids is 1. The molecule has 2 aromatic carbocycles. The third kappa shape index (κ3) is 3.57. The number of amides is 1. The zero-order valence-corrected chi connectivity index (χ0v) is 15.4. The van der Waals surface area contributed by atoms with E-state index in [0.717, 1.165) is 4.68 Å². The molecule has 2 heterocycles. The average Bonchev–Trinajstić information content (AvgIpc) is 3.16. The number of hydrogen-bond donors (Lipinski definition) is 1. The summed E-state index contributed by atoms with van der Waals surface area (Å²) in [5.74, 6) is -0.197. The minimum atomic E-state index is -0.484. The summed E-state index contributed by atoms with van der Waals surface area (Å²) in [7, 11) is 0. The van der Waals surface area contributed by atoms with Gasteiger partial charge in [0.2, 0.25) is 0 Å². The topological polar surface area (TPSA) is 91.0 Å². The minimum Gasteiger partial charge on any atom is -0.494 e. The lowest BCUT2D eigenvalue weighted by molar-refractivity contribution is 0.101. The van der Waals surface area contributed by atoms with E-state index in [4.69, 9.17) is 4.74 Å². The second kappa shape index (κ2) is 7.55. The van der Waals surface area contributed by atoms with Crippen molar-refractivity contribution in [1.29, 1.82) is 0 Å². The maximum Gasteiger partial charge on any atom is 0.283 e. The minimum absolute atomic E-state index is 0.212. The van der Waals surface area contributed by atoms with E-state index < -0.39 is 11.5 Å². The van der Waals surface area contributed by atoms with Crippen LogP contribution in [0, 0.1) is 5.82 Å². The molecule has 1 amide bonds. The van der Waals surface area contributed by atoms with E-state index in [1.165, 1.54) is 41.5 Å². The third-order valence-corrected chi connectivity index (χ3v) is 4.21. The first-order chi connectivity index (χ1) is 14.1. The molecule has 0 radical (unpaired) electrons. The molecular weight excluding hydrogens is 377 g/mol. The van der Waals surface area contributed by atoms with Gasteiger partial charge in [-0.1, -0.05) is 0 Å². The maximum absolute atomic E-state index is 13.1. The lowest BCUT2D eigenvalue weighted by Crippen LogP contribution is -2.33. The highest BCUT2D eigenvalue weighted by molar-refractivity contribution is 6.00. The Labute approximate surface area is 164 Å². The van der Waals surface area contributed by atoms with Gasteiger partial charge < -0.3 is 4.74 Å². The normalized spacial score (nSPS) is 10.8. The highest BCUT2D eigenvalue weighted by atomic mass is 19.1. The first-order valence-corrected chi connectivity index (χ1v) is 8.82. The lowest BCUT2D eigenvalue weighted by Gasteiger charge is -2.09. The molecule has 1 N–H and O–H groups in total. The summed E-state index contributed by atoms with van der Waals surface area (Å²) in [5.41, 5.74) is 3.24. The van der Waals surface area contributed by atoms with E-state index >= 15 is 0 Å².